The topological polar surface area (TPSA) is 30.5 Å². The lowest BCUT2D eigenvalue weighted by atomic mass is 10.2. The van der Waals surface area contributed by atoms with Crippen molar-refractivity contribution in [2.75, 3.05) is 11.9 Å². The number of rotatable bonds is 7. The first-order valence-electron chi connectivity index (χ1n) is 7.77. The van der Waals surface area contributed by atoms with E-state index in [1.807, 2.05) is 50.2 Å². The van der Waals surface area contributed by atoms with Gasteiger partial charge in [-0.1, -0.05) is 23.8 Å². The Kier molecular flexibility index (Phi) is 5.70. The summed E-state index contributed by atoms with van der Waals surface area (Å²) in [5.41, 5.74) is 2.28. The third-order valence-corrected chi connectivity index (χ3v) is 3.16. The molecule has 2 rings (SSSR count). The van der Waals surface area contributed by atoms with Gasteiger partial charge in [0.1, 0.15) is 17.6 Å². The van der Waals surface area contributed by atoms with E-state index in [1.165, 1.54) is 5.56 Å². The van der Waals surface area contributed by atoms with Crippen LogP contribution in [0.3, 0.4) is 0 Å². The minimum atomic E-state index is 0.0809. The number of anilines is 1. The summed E-state index contributed by atoms with van der Waals surface area (Å²) in [7, 11) is 0. The molecular weight excluding hydrogens is 274 g/mol. The summed E-state index contributed by atoms with van der Waals surface area (Å²) in [6, 6.07) is 16.1. The van der Waals surface area contributed by atoms with Gasteiger partial charge in [-0.25, -0.2) is 0 Å². The molecule has 0 aliphatic carbocycles. The van der Waals surface area contributed by atoms with Crippen molar-refractivity contribution < 1.29 is 9.47 Å². The molecule has 3 nitrogen and oxygen atoms in total. The van der Waals surface area contributed by atoms with E-state index >= 15 is 0 Å². The van der Waals surface area contributed by atoms with Crippen LogP contribution < -0.4 is 14.8 Å². The SMILES string of the molecule is Cc1ccc(O[C@@H](C)CNc2cccc(OC(C)C)c2)cc1. The van der Waals surface area contributed by atoms with Crippen molar-refractivity contribution in [2.24, 2.45) is 0 Å². The molecule has 0 saturated carbocycles. The summed E-state index contributed by atoms with van der Waals surface area (Å²) in [5.74, 6) is 1.78. The van der Waals surface area contributed by atoms with E-state index in [1.54, 1.807) is 0 Å². The number of nitrogens with one attached hydrogen (secondary N) is 1. The third kappa shape index (κ3) is 5.32. The zero-order valence-corrected chi connectivity index (χ0v) is 13.8. The Hall–Kier alpha value is -2.16. The lowest BCUT2D eigenvalue weighted by Gasteiger charge is -2.17. The fourth-order valence-corrected chi connectivity index (χ4v) is 2.10. The maximum atomic E-state index is 5.89. The molecule has 0 saturated heterocycles. The fourth-order valence-electron chi connectivity index (χ4n) is 2.10. The first-order valence-corrected chi connectivity index (χ1v) is 7.77. The average molecular weight is 299 g/mol. The van der Waals surface area contributed by atoms with E-state index in [0.29, 0.717) is 0 Å². The second kappa shape index (κ2) is 7.74. The van der Waals surface area contributed by atoms with Crippen LogP contribution >= 0.6 is 0 Å². The zero-order valence-electron chi connectivity index (χ0n) is 13.8. The van der Waals surface area contributed by atoms with Gasteiger partial charge >= 0.3 is 0 Å². The second-order valence-corrected chi connectivity index (χ2v) is 5.82. The number of hydrogen-bond acceptors (Lipinski definition) is 3. The first kappa shape index (κ1) is 16.2. The monoisotopic (exact) mass is 299 g/mol. The molecule has 22 heavy (non-hydrogen) atoms. The van der Waals surface area contributed by atoms with Crippen LogP contribution in [0.4, 0.5) is 5.69 Å². The van der Waals surface area contributed by atoms with Gasteiger partial charge in [-0.15, -0.1) is 0 Å². The molecule has 0 unspecified atom stereocenters. The summed E-state index contributed by atoms with van der Waals surface area (Å²) in [6.07, 6.45) is 0.261. The summed E-state index contributed by atoms with van der Waals surface area (Å²) in [4.78, 5) is 0. The van der Waals surface area contributed by atoms with Crippen LogP contribution in [0.5, 0.6) is 11.5 Å². The molecule has 0 aliphatic rings. The number of benzene rings is 2. The van der Waals surface area contributed by atoms with Crippen molar-refractivity contribution in [3.63, 3.8) is 0 Å². The number of aryl methyl sites for hydroxylation is 1. The van der Waals surface area contributed by atoms with Crippen molar-refractivity contribution in [1.29, 1.82) is 0 Å². The molecule has 2 aromatic rings. The standard InChI is InChI=1S/C19H25NO2/c1-14(2)21-19-7-5-6-17(12-19)20-13-16(4)22-18-10-8-15(3)9-11-18/h5-12,14,16,20H,13H2,1-4H3/t16-/m0/s1. The van der Waals surface area contributed by atoms with Crippen LogP contribution in [0.25, 0.3) is 0 Å². The minimum absolute atomic E-state index is 0.0809. The van der Waals surface area contributed by atoms with Crippen molar-refractivity contribution >= 4 is 5.69 Å². The Morgan fingerprint density at radius 3 is 2.32 bits per heavy atom. The highest BCUT2D eigenvalue weighted by Gasteiger charge is 2.05. The van der Waals surface area contributed by atoms with Gasteiger partial charge in [-0.05, 0) is 52.0 Å². The molecule has 0 radical (unpaired) electrons. The molecule has 0 fully saturated rings. The van der Waals surface area contributed by atoms with Gasteiger partial charge in [-0.2, -0.15) is 0 Å². The average Bonchev–Trinajstić information content (AvgIpc) is 2.47. The highest BCUT2D eigenvalue weighted by molar-refractivity contribution is 5.48. The summed E-state index contributed by atoms with van der Waals surface area (Å²) < 4.78 is 11.6. The summed E-state index contributed by atoms with van der Waals surface area (Å²) >= 11 is 0. The highest BCUT2D eigenvalue weighted by atomic mass is 16.5. The Labute approximate surface area is 133 Å². The van der Waals surface area contributed by atoms with E-state index < -0.39 is 0 Å². The largest absolute Gasteiger partial charge is 0.491 e. The molecule has 2 aromatic carbocycles. The molecule has 0 heterocycles. The van der Waals surface area contributed by atoms with Gasteiger partial charge in [0.05, 0.1) is 12.6 Å². The van der Waals surface area contributed by atoms with Gasteiger partial charge < -0.3 is 14.8 Å². The molecule has 3 heteroatoms. The molecule has 0 spiro atoms. The van der Waals surface area contributed by atoms with Gasteiger partial charge in [0.15, 0.2) is 0 Å². The molecule has 0 amide bonds. The lowest BCUT2D eigenvalue weighted by Crippen LogP contribution is -2.22. The highest BCUT2D eigenvalue weighted by Crippen LogP contribution is 2.19. The van der Waals surface area contributed by atoms with Crippen LogP contribution in [0.2, 0.25) is 0 Å². The molecule has 1 atom stereocenters. The van der Waals surface area contributed by atoms with Crippen molar-refractivity contribution in [3.05, 3.63) is 54.1 Å². The maximum absolute atomic E-state index is 5.89. The molecule has 1 N–H and O–H groups in total. The van der Waals surface area contributed by atoms with Gasteiger partial charge in [0.25, 0.3) is 0 Å². The molecular formula is C19H25NO2. The van der Waals surface area contributed by atoms with Crippen molar-refractivity contribution in [1.82, 2.24) is 0 Å². The summed E-state index contributed by atoms with van der Waals surface area (Å²) in [6.45, 7) is 8.91. The van der Waals surface area contributed by atoms with Gasteiger partial charge in [0, 0.05) is 11.8 Å². The third-order valence-electron chi connectivity index (χ3n) is 3.16. The fraction of sp³-hybridized carbons (Fsp3) is 0.368. The smallest absolute Gasteiger partial charge is 0.121 e. The van der Waals surface area contributed by atoms with Gasteiger partial charge in [-0.3, -0.25) is 0 Å². The zero-order chi connectivity index (χ0) is 15.9. The van der Waals surface area contributed by atoms with E-state index in [0.717, 1.165) is 23.7 Å². The second-order valence-electron chi connectivity index (χ2n) is 5.82. The molecule has 118 valence electrons. The van der Waals surface area contributed by atoms with E-state index in [2.05, 4.69) is 31.3 Å². The predicted molar refractivity (Wildman–Crippen MR) is 92.0 cm³/mol. The molecule has 0 bridgehead atoms. The van der Waals surface area contributed by atoms with Gasteiger partial charge in [0.2, 0.25) is 0 Å². The Morgan fingerprint density at radius 1 is 0.909 bits per heavy atom. The maximum Gasteiger partial charge on any atom is 0.121 e. The molecule has 0 aliphatic heterocycles. The van der Waals surface area contributed by atoms with Crippen molar-refractivity contribution in [2.45, 2.75) is 39.9 Å². The first-order chi connectivity index (χ1) is 10.5. The quantitative estimate of drug-likeness (QED) is 0.806. The number of hydrogen-bond donors (Lipinski definition) is 1. The van der Waals surface area contributed by atoms with Crippen LogP contribution in [-0.4, -0.2) is 18.8 Å². The molecule has 0 aromatic heterocycles. The lowest BCUT2D eigenvalue weighted by molar-refractivity contribution is 0.234. The number of ether oxygens (including phenoxy) is 2. The van der Waals surface area contributed by atoms with E-state index in [-0.39, 0.29) is 12.2 Å². The minimum Gasteiger partial charge on any atom is -0.491 e. The Bertz CT molecular complexity index is 578. The van der Waals surface area contributed by atoms with Crippen LogP contribution in [-0.2, 0) is 0 Å². The van der Waals surface area contributed by atoms with Crippen LogP contribution in [0.1, 0.15) is 26.3 Å². The van der Waals surface area contributed by atoms with Crippen LogP contribution in [0.15, 0.2) is 48.5 Å². The normalized spacial score (nSPS) is 12.0. The summed E-state index contributed by atoms with van der Waals surface area (Å²) in [5, 5.41) is 3.38. The Balaban J connectivity index is 1.85. The van der Waals surface area contributed by atoms with E-state index in [9.17, 15) is 0 Å². The Morgan fingerprint density at radius 2 is 1.64 bits per heavy atom. The van der Waals surface area contributed by atoms with E-state index in [4.69, 9.17) is 9.47 Å². The predicted octanol–water partition coefficient (Wildman–Crippen LogP) is 4.66. The van der Waals surface area contributed by atoms with Crippen molar-refractivity contribution in [3.8, 4) is 11.5 Å². The van der Waals surface area contributed by atoms with Crippen LogP contribution in [0, 0.1) is 6.92 Å².